The van der Waals surface area contributed by atoms with Crippen LogP contribution in [0.3, 0.4) is 0 Å². The lowest BCUT2D eigenvalue weighted by Gasteiger charge is -2.15. The van der Waals surface area contributed by atoms with Crippen LogP contribution in [0, 0.1) is 0 Å². The molecular formula is C17H21NO2. The molecule has 2 aromatic carbocycles. The van der Waals surface area contributed by atoms with Crippen LogP contribution < -0.4 is 5.32 Å². The highest BCUT2D eigenvalue weighted by Gasteiger charge is 2.24. The monoisotopic (exact) mass is 271 g/mol. The number of benzene rings is 2. The Kier molecular flexibility index (Phi) is 3.90. The van der Waals surface area contributed by atoms with E-state index >= 15 is 0 Å². The Morgan fingerprint density at radius 3 is 2.85 bits per heavy atom. The molecule has 3 heteroatoms. The Hall–Kier alpha value is -1.58. The molecule has 0 aliphatic heterocycles. The van der Waals surface area contributed by atoms with E-state index in [0.717, 1.165) is 30.2 Å². The van der Waals surface area contributed by atoms with Gasteiger partial charge in [0.15, 0.2) is 0 Å². The molecular weight excluding hydrogens is 250 g/mol. The van der Waals surface area contributed by atoms with E-state index in [0.29, 0.717) is 24.4 Å². The van der Waals surface area contributed by atoms with Gasteiger partial charge in [-0.2, -0.15) is 0 Å². The summed E-state index contributed by atoms with van der Waals surface area (Å²) in [6.07, 6.45) is 3.70. The summed E-state index contributed by atoms with van der Waals surface area (Å²) in [6.45, 7) is 0.703. The molecule has 1 saturated carbocycles. The fraction of sp³-hybridized carbons (Fsp3) is 0.412. The van der Waals surface area contributed by atoms with Crippen molar-refractivity contribution >= 4 is 10.8 Å². The minimum Gasteiger partial charge on any atom is -0.508 e. The standard InChI is InChI=1S/C17H21NO2/c1-20-14-8-7-13(10-14)18-11-16-15-5-3-2-4-12(15)6-9-17(16)19/h2-6,9,13-14,18-19H,7-8,10-11H2,1H3. The lowest BCUT2D eigenvalue weighted by atomic mass is 10.0. The normalized spacial score (nSPS) is 22.4. The smallest absolute Gasteiger partial charge is 0.120 e. The molecule has 2 aromatic rings. The summed E-state index contributed by atoms with van der Waals surface area (Å²) in [6, 6.07) is 12.4. The van der Waals surface area contributed by atoms with Gasteiger partial charge in [0.25, 0.3) is 0 Å². The second-order valence-electron chi connectivity index (χ2n) is 5.53. The van der Waals surface area contributed by atoms with Crippen LogP contribution in [0.5, 0.6) is 5.75 Å². The third-order valence-electron chi connectivity index (χ3n) is 4.30. The molecule has 0 radical (unpaired) electrons. The molecule has 2 unspecified atom stereocenters. The van der Waals surface area contributed by atoms with Crippen LogP contribution in [0.2, 0.25) is 0 Å². The fourth-order valence-corrected chi connectivity index (χ4v) is 3.10. The van der Waals surface area contributed by atoms with Crippen molar-refractivity contribution in [1.29, 1.82) is 0 Å². The lowest BCUT2D eigenvalue weighted by molar-refractivity contribution is 0.107. The average Bonchev–Trinajstić information content (AvgIpc) is 2.94. The summed E-state index contributed by atoms with van der Waals surface area (Å²) in [5.74, 6) is 0.373. The molecule has 2 N–H and O–H groups in total. The highest BCUT2D eigenvalue weighted by molar-refractivity contribution is 5.87. The zero-order valence-electron chi connectivity index (χ0n) is 11.8. The fourth-order valence-electron chi connectivity index (χ4n) is 3.10. The maximum Gasteiger partial charge on any atom is 0.120 e. The molecule has 3 nitrogen and oxygen atoms in total. The SMILES string of the molecule is COC1CCC(NCc2c(O)ccc3ccccc23)C1. The van der Waals surface area contributed by atoms with Crippen LogP contribution in [0.1, 0.15) is 24.8 Å². The van der Waals surface area contributed by atoms with Crippen molar-refractivity contribution in [2.24, 2.45) is 0 Å². The number of aromatic hydroxyl groups is 1. The number of fused-ring (bicyclic) bond motifs is 1. The van der Waals surface area contributed by atoms with E-state index < -0.39 is 0 Å². The van der Waals surface area contributed by atoms with Crippen LogP contribution in [0.25, 0.3) is 10.8 Å². The Balaban J connectivity index is 1.76. The van der Waals surface area contributed by atoms with Crippen LogP contribution in [0.4, 0.5) is 0 Å². The number of nitrogens with one attached hydrogen (secondary N) is 1. The van der Waals surface area contributed by atoms with Crippen LogP contribution in [0.15, 0.2) is 36.4 Å². The molecule has 106 valence electrons. The van der Waals surface area contributed by atoms with Gasteiger partial charge >= 0.3 is 0 Å². The van der Waals surface area contributed by atoms with Crippen molar-refractivity contribution in [2.75, 3.05) is 7.11 Å². The van der Waals surface area contributed by atoms with Gasteiger partial charge < -0.3 is 15.2 Å². The Bertz CT molecular complexity index is 597. The quantitative estimate of drug-likeness (QED) is 0.897. The Morgan fingerprint density at radius 1 is 1.20 bits per heavy atom. The number of hydrogen-bond donors (Lipinski definition) is 2. The number of phenolic OH excluding ortho intramolecular Hbond substituents is 1. The summed E-state index contributed by atoms with van der Waals surface area (Å²) in [5, 5.41) is 16.0. The zero-order chi connectivity index (χ0) is 13.9. The maximum absolute atomic E-state index is 10.1. The molecule has 0 heterocycles. The molecule has 1 fully saturated rings. The molecule has 2 atom stereocenters. The summed E-state index contributed by atoms with van der Waals surface area (Å²) in [5.41, 5.74) is 0.990. The molecule has 0 amide bonds. The molecule has 1 aliphatic carbocycles. The third kappa shape index (κ3) is 2.65. The van der Waals surface area contributed by atoms with Crippen LogP contribution >= 0.6 is 0 Å². The molecule has 3 rings (SSSR count). The summed E-state index contributed by atoms with van der Waals surface area (Å²) < 4.78 is 5.40. The second kappa shape index (κ2) is 5.81. The first-order valence-electron chi connectivity index (χ1n) is 7.23. The predicted molar refractivity (Wildman–Crippen MR) is 80.9 cm³/mol. The van der Waals surface area contributed by atoms with Crippen molar-refractivity contribution in [3.05, 3.63) is 42.0 Å². The van der Waals surface area contributed by atoms with Gasteiger partial charge in [-0.25, -0.2) is 0 Å². The Labute approximate surface area is 119 Å². The molecule has 0 spiro atoms. The number of hydrogen-bond acceptors (Lipinski definition) is 3. The average molecular weight is 271 g/mol. The minimum absolute atomic E-state index is 0.373. The number of rotatable bonds is 4. The topological polar surface area (TPSA) is 41.5 Å². The zero-order valence-corrected chi connectivity index (χ0v) is 11.8. The van der Waals surface area contributed by atoms with Crippen LogP contribution in [-0.2, 0) is 11.3 Å². The molecule has 1 aliphatic rings. The van der Waals surface area contributed by atoms with E-state index in [1.165, 1.54) is 5.39 Å². The first-order chi connectivity index (χ1) is 9.78. The van der Waals surface area contributed by atoms with Gasteiger partial charge in [0.1, 0.15) is 5.75 Å². The van der Waals surface area contributed by atoms with E-state index in [1.807, 2.05) is 18.2 Å². The van der Waals surface area contributed by atoms with E-state index in [2.05, 4.69) is 17.4 Å². The van der Waals surface area contributed by atoms with Crippen LogP contribution in [-0.4, -0.2) is 24.4 Å². The van der Waals surface area contributed by atoms with Crippen molar-refractivity contribution in [2.45, 2.75) is 38.0 Å². The highest BCUT2D eigenvalue weighted by Crippen LogP contribution is 2.28. The molecule has 0 aromatic heterocycles. The number of phenols is 1. The van der Waals surface area contributed by atoms with Gasteiger partial charge in [-0.15, -0.1) is 0 Å². The van der Waals surface area contributed by atoms with E-state index in [9.17, 15) is 5.11 Å². The predicted octanol–water partition coefficient (Wildman–Crippen LogP) is 3.20. The van der Waals surface area contributed by atoms with E-state index in [1.54, 1.807) is 13.2 Å². The van der Waals surface area contributed by atoms with Crippen molar-refractivity contribution in [1.82, 2.24) is 5.32 Å². The largest absolute Gasteiger partial charge is 0.508 e. The van der Waals surface area contributed by atoms with Gasteiger partial charge in [0.2, 0.25) is 0 Å². The summed E-state index contributed by atoms with van der Waals surface area (Å²) in [4.78, 5) is 0. The minimum atomic E-state index is 0.373. The van der Waals surface area contributed by atoms with Gasteiger partial charge in [0, 0.05) is 25.3 Å². The number of ether oxygens (including phenoxy) is 1. The van der Waals surface area contributed by atoms with Crippen molar-refractivity contribution in [3.8, 4) is 5.75 Å². The third-order valence-corrected chi connectivity index (χ3v) is 4.30. The van der Waals surface area contributed by atoms with Gasteiger partial charge in [0.05, 0.1) is 6.10 Å². The summed E-state index contributed by atoms with van der Waals surface area (Å²) >= 11 is 0. The molecule has 0 bridgehead atoms. The Morgan fingerprint density at radius 2 is 2.05 bits per heavy atom. The van der Waals surface area contributed by atoms with Crippen molar-refractivity contribution in [3.63, 3.8) is 0 Å². The van der Waals surface area contributed by atoms with Crippen molar-refractivity contribution < 1.29 is 9.84 Å². The van der Waals surface area contributed by atoms with E-state index in [-0.39, 0.29) is 0 Å². The second-order valence-corrected chi connectivity index (χ2v) is 5.53. The summed E-state index contributed by atoms with van der Waals surface area (Å²) in [7, 11) is 1.78. The maximum atomic E-state index is 10.1. The molecule has 20 heavy (non-hydrogen) atoms. The first kappa shape index (κ1) is 13.4. The number of methoxy groups -OCH3 is 1. The van der Waals surface area contributed by atoms with E-state index in [4.69, 9.17) is 4.74 Å². The lowest BCUT2D eigenvalue weighted by Crippen LogP contribution is -2.26. The molecule has 0 saturated heterocycles. The first-order valence-corrected chi connectivity index (χ1v) is 7.23. The van der Waals surface area contributed by atoms with Gasteiger partial charge in [-0.1, -0.05) is 30.3 Å². The van der Waals surface area contributed by atoms with Gasteiger partial charge in [-0.3, -0.25) is 0 Å². The van der Waals surface area contributed by atoms with Gasteiger partial charge in [-0.05, 0) is 36.1 Å². The highest BCUT2D eigenvalue weighted by atomic mass is 16.5.